The molecular formula is C15H17N3O3. The van der Waals surface area contributed by atoms with Crippen molar-refractivity contribution in [3.05, 3.63) is 48.0 Å². The molecule has 6 heteroatoms. The molecule has 0 aliphatic rings. The molecule has 0 radical (unpaired) electrons. The highest BCUT2D eigenvalue weighted by molar-refractivity contribution is 5.94. The Hall–Kier alpha value is -2.63. The van der Waals surface area contributed by atoms with Crippen LogP contribution in [0.4, 0.5) is 5.69 Å². The highest BCUT2D eigenvalue weighted by atomic mass is 16.5. The Morgan fingerprint density at radius 1 is 1.43 bits per heavy atom. The summed E-state index contributed by atoms with van der Waals surface area (Å²) < 4.78 is 4.86. The molecule has 0 aliphatic heterocycles. The van der Waals surface area contributed by atoms with Gasteiger partial charge in [0.15, 0.2) is 0 Å². The number of carbonyl (C=O) groups is 2. The maximum atomic E-state index is 11.8. The van der Waals surface area contributed by atoms with Crippen LogP contribution in [0.2, 0.25) is 0 Å². The first-order chi connectivity index (χ1) is 10.2. The van der Waals surface area contributed by atoms with Gasteiger partial charge in [-0.05, 0) is 31.0 Å². The van der Waals surface area contributed by atoms with Crippen LogP contribution < -0.4 is 5.32 Å². The number of anilines is 1. The average Bonchev–Trinajstić information content (AvgIpc) is 2.95. The van der Waals surface area contributed by atoms with E-state index in [0.717, 1.165) is 5.56 Å². The predicted octanol–water partition coefficient (Wildman–Crippen LogP) is 2.16. The molecule has 21 heavy (non-hydrogen) atoms. The van der Waals surface area contributed by atoms with Crippen molar-refractivity contribution in [1.29, 1.82) is 0 Å². The first-order valence-electron chi connectivity index (χ1n) is 6.73. The van der Waals surface area contributed by atoms with Crippen LogP contribution in [-0.4, -0.2) is 28.5 Å². The van der Waals surface area contributed by atoms with Crippen molar-refractivity contribution >= 4 is 17.6 Å². The lowest BCUT2D eigenvalue weighted by Crippen LogP contribution is -2.11. The number of carbonyl (C=O) groups excluding carboxylic acids is 2. The van der Waals surface area contributed by atoms with Gasteiger partial charge in [-0.15, -0.1) is 0 Å². The molecule has 0 fully saturated rings. The number of H-pyrrole nitrogens is 1. The van der Waals surface area contributed by atoms with Gasteiger partial charge in [-0.1, -0.05) is 6.07 Å². The largest absolute Gasteiger partial charge is 0.461 e. The highest BCUT2D eigenvalue weighted by Crippen LogP contribution is 2.11. The summed E-state index contributed by atoms with van der Waals surface area (Å²) in [6.45, 7) is 2.05. The number of rotatable bonds is 6. The number of aromatic amines is 1. The monoisotopic (exact) mass is 287 g/mol. The van der Waals surface area contributed by atoms with E-state index in [1.807, 2.05) is 12.1 Å². The summed E-state index contributed by atoms with van der Waals surface area (Å²) in [5, 5.41) is 2.73. The van der Waals surface area contributed by atoms with E-state index in [4.69, 9.17) is 4.74 Å². The zero-order chi connectivity index (χ0) is 15.1. The molecular weight excluding hydrogens is 270 g/mol. The van der Waals surface area contributed by atoms with Gasteiger partial charge in [-0.3, -0.25) is 9.78 Å². The van der Waals surface area contributed by atoms with Gasteiger partial charge in [0.05, 0.1) is 12.3 Å². The van der Waals surface area contributed by atoms with Gasteiger partial charge in [-0.25, -0.2) is 4.79 Å². The van der Waals surface area contributed by atoms with Crippen LogP contribution in [0.1, 0.15) is 29.4 Å². The maximum Gasteiger partial charge on any atom is 0.354 e. The van der Waals surface area contributed by atoms with Gasteiger partial charge in [0.1, 0.15) is 5.69 Å². The number of nitrogens with one attached hydrogen (secondary N) is 2. The lowest BCUT2D eigenvalue weighted by molar-refractivity contribution is -0.116. The summed E-state index contributed by atoms with van der Waals surface area (Å²) in [6, 6.07) is 5.32. The lowest BCUT2D eigenvalue weighted by atomic mass is 10.1. The van der Waals surface area contributed by atoms with Crippen LogP contribution in [0.3, 0.4) is 0 Å². The summed E-state index contributed by atoms with van der Waals surface area (Å²) in [4.78, 5) is 30.1. The molecule has 2 aromatic rings. The van der Waals surface area contributed by atoms with Crippen molar-refractivity contribution in [3.8, 4) is 0 Å². The van der Waals surface area contributed by atoms with Gasteiger partial charge in [0.25, 0.3) is 0 Å². The third-order valence-corrected chi connectivity index (χ3v) is 2.83. The number of esters is 1. The molecule has 6 nitrogen and oxygen atoms in total. The summed E-state index contributed by atoms with van der Waals surface area (Å²) in [6.07, 6.45) is 5.97. The Balaban J connectivity index is 1.84. The fraction of sp³-hybridized carbons (Fsp3) is 0.267. The second-order valence-electron chi connectivity index (χ2n) is 4.43. The van der Waals surface area contributed by atoms with E-state index in [2.05, 4.69) is 15.3 Å². The lowest BCUT2D eigenvalue weighted by Gasteiger charge is -2.02. The highest BCUT2D eigenvalue weighted by Gasteiger charge is 2.10. The minimum atomic E-state index is -0.437. The number of hydrogen-bond acceptors (Lipinski definition) is 4. The number of nitrogens with zero attached hydrogens (tertiary/aromatic N) is 1. The Kier molecular flexibility index (Phi) is 5.09. The number of ether oxygens (including phenoxy) is 1. The van der Waals surface area contributed by atoms with Crippen LogP contribution in [0, 0.1) is 0 Å². The number of aryl methyl sites for hydroxylation is 1. The third kappa shape index (κ3) is 4.45. The SMILES string of the molecule is CCOC(=O)c1cc(NC(=O)CCc2cccnc2)c[nH]1. The van der Waals surface area contributed by atoms with Crippen LogP contribution in [0.25, 0.3) is 0 Å². The number of aromatic nitrogens is 2. The van der Waals surface area contributed by atoms with Crippen molar-refractivity contribution in [1.82, 2.24) is 9.97 Å². The van der Waals surface area contributed by atoms with Gasteiger partial charge in [0, 0.05) is 25.0 Å². The molecule has 0 aliphatic carbocycles. The smallest absolute Gasteiger partial charge is 0.354 e. The molecule has 0 saturated heterocycles. The first kappa shape index (κ1) is 14.8. The first-order valence-corrected chi connectivity index (χ1v) is 6.73. The Morgan fingerprint density at radius 3 is 3.00 bits per heavy atom. The second kappa shape index (κ2) is 7.23. The maximum absolute atomic E-state index is 11.8. The molecule has 0 aromatic carbocycles. The van der Waals surface area contributed by atoms with Crippen LogP contribution >= 0.6 is 0 Å². The fourth-order valence-corrected chi connectivity index (χ4v) is 1.82. The van der Waals surface area contributed by atoms with Crippen molar-refractivity contribution in [2.75, 3.05) is 11.9 Å². The van der Waals surface area contributed by atoms with Gasteiger partial charge in [0.2, 0.25) is 5.91 Å². The number of pyridine rings is 1. The minimum absolute atomic E-state index is 0.117. The molecule has 1 amide bonds. The quantitative estimate of drug-likeness (QED) is 0.797. The second-order valence-corrected chi connectivity index (χ2v) is 4.43. The predicted molar refractivity (Wildman–Crippen MR) is 77.9 cm³/mol. The van der Waals surface area contributed by atoms with Crippen molar-refractivity contribution in [3.63, 3.8) is 0 Å². The Bertz CT molecular complexity index is 608. The third-order valence-electron chi connectivity index (χ3n) is 2.83. The molecule has 2 rings (SSSR count). The van der Waals surface area contributed by atoms with E-state index in [0.29, 0.717) is 30.8 Å². The zero-order valence-corrected chi connectivity index (χ0v) is 11.8. The summed E-state index contributed by atoms with van der Waals surface area (Å²) in [5.74, 6) is -0.554. The fourth-order valence-electron chi connectivity index (χ4n) is 1.82. The molecule has 0 spiro atoms. The molecule has 2 aromatic heterocycles. The van der Waals surface area contributed by atoms with Gasteiger partial charge in [-0.2, -0.15) is 0 Å². The van der Waals surface area contributed by atoms with Crippen molar-refractivity contribution < 1.29 is 14.3 Å². The minimum Gasteiger partial charge on any atom is -0.461 e. The number of amides is 1. The Morgan fingerprint density at radius 2 is 2.29 bits per heavy atom. The topological polar surface area (TPSA) is 84.1 Å². The van der Waals surface area contributed by atoms with Gasteiger partial charge < -0.3 is 15.0 Å². The Labute approximate surface area is 122 Å². The van der Waals surface area contributed by atoms with Gasteiger partial charge >= 0.3 is 5.97 Å². The zero-order valence-electron chi connectivity index (χ0n) is 11.8. The standard InChI is InChI=1S/C15H17N3O3/c1-2-21-15(20)13-8-12(10-17-13)18-14(19)6-5-11-4-3-7-16-9-11/h3-4,7-10,17H,2,5-6H2,1H3,(H,18,19). The van der Waals surface area contributed by atoms with E-state index in [-0.39, 0.29) is 5.91 Å². The summed E-state index contributed by atoms with van der Waals surface area (Å²) in [7, 11) is 0. The molecule has 0 unspecified atom stereocenters. The molecule has 0 bridgehead atoms. The molecule has 110 valence electrons. The van der Waals surface area contributed by atoms with Crippen molar-refractivity contribution in [2.24, 2.45) is 0 Å². The molecule has 0 saturated carbocycles. The molecule has 0 atom stereocenters. The summed E-state index contributed by atoms with van der Waals surface area (Å²) >= 11 is 0. The van der Waals surface area contributed by atoms with E-state index < -0.39 is 5.97 Å². The van der Waals surface area contributed by atoms with Crippen LogP contribution in [-0.2, 0) is 16.0 Å². The average molecular weight is 287 g/mol. The van der Waals surface area contributed by atoms with Crippen molar-refractivity contribution in [2.45, 2.75) is 19.8 Å². The van der Waals surface area contributed by atoms with E-state index in [1.165, 1.54) is 0 Å². The molecule has 2 N–H and O–H groups in total. The number of hydrogen-bond donors (Lipinski definition) is 2. The molecule has 2 heterocycles. The normalized spacial score (nSPS) is 10.1. The van der Waals surface area contributed by atoms with E-state index in [1.54, 1.807) is 31.6 Å². The van der Waals surface area contributed by atoms with Crippen LogP contribution in [0.5, 0.6) is 0 Å². The van der Waals surface area contributed by atoms with E-state index in [9.17, 15) is 9.59 Å². The summed E-state index contributed by atoms with van der Waals surface area (Å²) in [5.41, 5.74) is 1.88. The van der Waals surface area contributed by atoms with Crippen LogP contribution in [0.15, 0.2) is 36.8 Å². The van der Waals surface area contributed by atoms with E-state index >= 15 is 0 Å².